The van der Waals surface area contributed by atoms with Crippen molar-refractivity contribution in [3.63, 3.8) is 0 Å². The van der Waals surface area contributed by atoms with Gasteiger partial charge in [0.2, 0.25) is 5.91 Å². The van der Waals surface area contributed by atoms with Gasteiger partial charge in [-0.1, -0.05) is 12.1 Å². The van der Waals surface area contributed by atoms with Gasteiger partial charge in [0.15, 0.2) is 0 Å². The Balaban J connectivity index is 1.53. The quantitative estimate of drug-likeness (QED) is 0.408. The molecular formula is C21H28N2O2S3. The third-order valence-corrected chi connectivity index (χ3v) is 7.49. The monoisotopic (exact) mass is 436 g/mol. The van der Waals surface area contributed by atoms with Gasteiger partial charge < -0.3 is 14.2 Å². The second-order valence-corrected chi connectivity index (χ2v) is 10.2. The standard InChI is InChI=1S/C21H28N2O2S3/c1-22(2)14-17-6-7-18(25-17)15-27-13-11-23-20(24)10-12-28-21(23)16-4-8-19(26-3)9-5-16/h4-9,21H,10-15H2,1-3H3. The van der Waals surface area contributed by atoms with Crippen molar-refractivity contribution in [1.82, 2.24) is 9.80 Å². The van der Waals surface area contributed by atoms with Crippen molar-refractivity contribution in [2.45, 2.75) is 29.0 Å². The summed E-state index contributed by atoms with van der Waals surface area (Å²) in [5.74, 6) is 4.93. The van der Waals surface area contributed by atoms with Gasteiger partial charge in [-0.3, -0.25) is 4.79 Å². The van der Waals surface area contributed by atoms with E-state index < -0.39 is 0 Å². The molecule has 1 aliphatic heterocycles. The van der Waals surface area contributed by atoms with Gasteiger partial charge in [-0.2, -0.15) is 11.8 Å². The minimum Gasteiger partial charge on any atom is -0.464 e. The SMILES string of the molecule is CSc1ccc(C2SCCC(=O)N2CCSCc2ccc(CN(C)C)o2)cc1. The Morgan fingerprint density at radius 2 is 1.93 bits per heavy atom. The average Bonchev–Trinajstić information content (AvgIpc) is 3.12. The van der Waals surface area contributed by atoms with Crippen molar-refractivity contribution in [2.24, 2.45) is 0 Å². The fraction of sp³-hybridized carbons (Fsp3) is 0.476. The predicted molar refractivity (Wildman–Crippen MR) is 122 cm³/mol. The number of amides is 1. The van der Waals surface area contributed by atoms with Gasteiger partial charge in [0.05, 0.1) is 12.3 Å². The van der Waals surface area contributed by atoms with Crippen molar-refractivity contribution in [2.75, 3.05) is 38.4 Å². The number of hydrogen-bond donors (Lipinski definition) is 0. The Morgan fingerprint density at radius 3 is 2.64 bits per heavy atom. The third-order valence-electron chi connectivity index (χ3n) is 4.51. The van der Waals surface area contributed by atoms with Crippen molar-refractivity contribution < 1.29 is 9.21 Å². The summed E-state index contributed by atoms with van der Waals surface area (Å²) in [6.45, 7) is 1.60. The number of carbonyl (C=O) groups is 1. The molecule has 3 rings (SSSR count). The number of rotatable bonds is 9. The predicted octanol–water partition coefficient (Wildman–Crippen LogP) is 4.96. The molecule has 2 heterocycles. The molecule has 7 heteroatoms. The van der Waals surface area contributed by atoms with Crippen LogP contribution in [0, 0.1) is 0 Å². The van der Waals surface area contributed by atoms with E-state index in [1.54, 1.807) is 11.8 Å². The second kappa shape index (κ2) is 10.7. The summed E-state index contributed by atoms with van der Waals surface area (Å²) in [5.41, 5.74) is 1.22. The number of hydrogen-bond acceptors (Lipinski definition) is 6. The molecule has 0 saturated carbocycles. The Morgan fingerprint density at radius 1 is 1.18 bits per heavy atom. The van der Waals surface area contributed by atoms with Crippen LogP contribution in [0.3, 0.4) is 0 Å². The average molecular weight is 437 g/mol. The maximum Gasteiger partial charge on any atom is 0.224 e. The lowest BCUT2D eigenvalue weighted by atomic mass is 10.2. The summed E-state index contributed by atoms with van der Waals surface area (Å²) in [7, 11) is 4.07. The Bertz CT molecular complexity index is 761. The highest BCUT2D eigenvalue weighted by Crippen LogP contribution is 2.38. The van der Waals surface area contributed by atoms with Crippen molar-refractivity contribution in [3.05, 3.63) is 53.5 Å². The molecule has 0 N–H and O–H groups in total. The molecule has 1 aromatic carbocycles. The Hall–Kier alpha value is -1.02. The van der Waals surface area contributed by atoms with Gasteiger partial charge in [0, 0.05) is 29.4 Å². The highest BCUT2D eigenvalue weighted by Gasteiger charge is 2.29. The molecule has 1 fully saturated rings. The molecule has 0 bridgehead atoms. The molecule has 2 aromatic rings. The zero-order chi connectivity index (χ0) is 19.9. The van der Waals surface area contributed by atoms with E-state index in [1.165, 1.54) is 10.5 Å². The number of thioether (sulfide) groups is 3. The molecular weight excluding hydrogens is 408 g/mol. The molecule has 0 spiro atoms. The topological polar surface area (TPSA) is 36.7 Å². The maximum atomic E-state index is 12.5. The molecule has 0 radical (unpaired) electrons. The van der Waals surface area contributed by atoms with Crippen LogP contribution in [0.15, 0.2) is 45.7 Å². The molecule has 152 valence electrons. The molecule has 1 atom stereocenters. The zero-order valence-corrected chi connectivity index (χ0v) is 19.2. The summed E-state index contributed by atoms with van der Waals surface area (Å²) in [6, 6.07) is 12.7. The molecule has 1 saturated heterocycles. The maximum absolute atomic E-state index is 12.5. The smallest absolute Gasteiger partial charge is 0.224 e. The minimum absolute atomic E-state index is 0.132. The van der Waals surface area contributed by atoms with Gasteiger partial charge in [-0.15, -0.1) is 23.5 Å². The lowest BCUT2D eigenvalue weighted by Crippen LogP contribution is -2.38. The molecule has 28 heavy (non-hydrogen) atoms. The molecule has 1 aliphatic rings. The van der Waals surface area contributed by atoms with Gasteiger partial charge >= 0.3 is 0 Å². The summed E-state index contributed by atoms with van der Waals surface area (Å²) in [4.78, 5) is 18.0. The summed E-state index contributed by atoms with van der Waals surface area (Å²) in [5, 5.41) is 0.132. The Labute approximate surface area is 180 Å². The largest absolute Gasteiger partial charge is 0.464 e. The van der Waals surface area contributed by atoms with E-state index in [4.69, 9.17) is 4.42 Å². The first-order chi connectivity index (χ1) is 13.6. The first-order valence-corrected chi connectivity index (χ1v) is 12.8. The van der Waals surface area contributed by atoms with Crippen LogP contribution in [0.4, 0.5) is 0 Å². The van der Waals surface area contributed by atoms with Gasteiger partial charge in [-0.05, 0) is 50.2 Å². The van der Waals surface area contributed by atoms with Crippen LogP contribution in [-0.4, -0.2) is 54.1 Å². The van der Waals surface area contributed by atoms with Crippen molar-refractivity contribution in [1.29, 1.82) is 0 Å². The highest BCUT2D eigenvalue weighted by atomic mass is 32.2. The van der Waals surface area contributed by atoms with Crippen LogP contribution >= 0.6 is 35.3 Å². The highest BCUT2D eigenvalue weighted by molar-refractivity contribution is 7.99. The number of carbonyl (C=O) groups excluding carboxylic acids is 1. The van der Waals surface area contributed by atoms with E-state index in [0.29, 0.717) is 6.42 Å². The van der Waals surface area contributed by atoms with Crippen LogP contribution in [0.2, 0.25) is 0 Å². The van der Waals surface area contributed by atoms with Gasteiger partial charge in [-0.25, -0.2) is 0 Å². The lowest BCUT2D eigenvalue weighted by Gasteiger charge is -2.35. The van der Waals surface area contributed by atoms with Crippen molar-refractivity contribution in [3.8, 4) is 0 Å². The Kier molecular flexibility index (Phi) is 8.26. The summed E-state index contributed by atoms with van der Waals surface area (Å²) >= 11 is 5.44. The van der Waals surface area contributed by atoms with E-state index >= 15 is 0 Å². The molecule has 1 aromatic heterocycles. The zero-order valence-electron chi connectivity index (χ0n) is 16.7. The summed E-state index contributed by atoms with van der Waals surface area (Å²) in [6.07, 6.45) is 2.72. The normalized spacial score (nSPS) is 17.5. The molecule has 1 unspecified atom stereocenters. The van der Waals surface area contributed by atoms with Crippen LogP contribution in [0.1, 0.15) is 28.9 Å². The molecule has 4 nitrogen and oxygen atoms in total. The lowest BCUT2D eigenvalue weighted by molar-refractivity contribution is -0.131. The second-order valence-electron chi connectivity index (χ2n) is 6.99. The van der Waals surface area contributed by atoms with E-state index in [-0.39, 0.29) is 11.3 Å². The van der Waals surface area contributed by atoms with E-state index in [2.05, 4.69) is 52.5 Å². The van der Waals surface area contributed by atoms with Crippen molar-refractivity contribution >= 4 is 41.2 Å². The molecule has 0 aliphatic carbocycles. The first kappa shape index (κ1) is 21.7. The van der Waals surface area contributed by atoms with Crippen LogP contribution in [-0.2, 0) is 17.1 Å². The minimum atomic E-state index is 0.132. The number of furan rings is 1. The number of nitrogens with zero attached hydrogens (tertiary/aromatic N) is 2. The van der Waals surface area contributed by atoms with Crippen LogP contribution in [0.25, 0.3) is 0 Å². The van der Waals surface area contributed by atoms with E-state index in [1.807, 2.05) is 37.6 Å². The van der Waals surface area contributed by atoms with Gasteiger partial charge in [0.1, 0.15) is 16.9 Å². The first-order valence-electron chi connectivity index (χ1n) is 9.42. The summed E-state index contributed by atoms with van der Waals surface area (Å²) < 4.78 is 5.87. The van der Waals surface area contributed by atoms with E-state index in [9.17, 15) is 4.79 Å². The fourth-order valence-electron chi connectivity index (χ4n) is 3.14. The fourth-order valence-corrected chi connectivity index (χ4v) is 5.64. The third kappa shape index (κ3) is 5.99. The number of benzene rings is 1. The van der Waals surface area contributed by atoms with Crippen LogP contribution in [0.5, 0.6) is 0 Å². The van der Waals surface area contributed by atoms with Gasteiger partial charge in [0.25, 0.3) is 0 Å². The van der Waals surface area contributed by atoms with Crippen LogP contribution < -0.4 is 0 Å². The van der Waals surface area contributed by atoms with E-state index in [0.717, 1.165) is 41.9 Å². The molecule has 1 amide bonds.